The SMILES string of the molecule is CCOCCOCCOCCOCCCC(=O)O[C@@H]1CC[C@@H](C[C@@H](C)[C@@H]2C[C@@H](OC)[C@H](C)/C=C(\C)[C@@H](O)[C@@H](OC)C(=O)[C@H](C)C[C@H](C)/C=C/C=C/C=C(\C)[C@@H](OC)C[C@@H]3CC[C@@H](C)[C@@](O)(O3)C(=O)C(=O)N3CCCC[C@H]3C(=O)O2)C[C@H]1OC. The standard InChI is InChI=1S/C64H105NO18/c1-13-77-30-31-79-34-35-80-33-32-78-29-19-23-57(66)81-52-27-25-49(39-56(52)75-11)38-45(5)55-41-54(74-10)44(4)37-47(7)59(68)60(76-12)58(67)46(6)36-42(2)20-15-14-16-21-43(3)53(73-9)40-50-26-24-48(8)64(72,83-50)61(69)62(70)65-28-18-17-22-51(65)63(71)82-55/h14-16,20-21,37,42,44-46,48-56,59-60,68,72H,13,17-19,22-36,38-41H2,1-12H3/b16-14+,20-15+,43-21+,47-37+/t42-,44-,45-,46-,48-,49+,50+,51+,52-,53+,54-,55+,56-,59-,60+,64-/m1/s1. The highest BCUT2D eigenvalue weighted by molar-refractivity contribution is 6.39. The molecule has 2 N–H and O–H groups in total. The van der Waals surface area contributed by atoms with E-state index in [9.17, 15) is 34.2 Å². The Kier molecular flexibility index (Phi) is 32.6. The van der Waals surface area contributed by atoms with Gasteiger partial charge >= 0.3 is 11.9 Å². The maximum Gasteiger partial charge on any atom is 0.329 e. The van der Waals surface area contributed by atoms with E-state index in [0.717, 1.165) is 12.0 Å². The molecule has 16 atom stereocenters. The fraction of sp³-hybridized carbons (Fsp3) is 0.797. The first-order chi connectivity index (χ1) is 39.7. The molecule has 0 spiro atoms. The van der Waals surface area contributed by atoms with E-state index < -0.39 is 84.1 Å². The lowest BCUT2D eigenvalue weighted by molar-refractivity contribution is -0.265. The van der Waals surface area contributed by atoms with Crippen molar-refractivity contribution in [3.63, 3.8) is 0 Å². The molecule has 1 aliphatic carbocycles. The van der Waals surface area contributed by atoms with Crippen molar-refractivity contribution < 1.29 is 86.3 Å². The summed E-state index contributed by atoms with van der Waals surface area (Å²) in [5, 5.41) is 23.8. The van der Waals surface area contributed by atoms with E-state index in [-0.39, 0.29) is 67.3 Å². The summed E-state index contributed by atoms with van der Waals surface area (Å²) in [5.74, 6) is -7.40. The molecular weight excluding hydrogens is 1070 g/mol. The van der Waals surface area contributed by atoms with Gasteiger partial charge in [-0.05, 0) is 120 Å². The zero-order valence-corrected chi connectivity index (χ0v) is 52.3. The topological polar surface area (TPSA) is 231 Å². The number of Topliss-reactive ketones (excluding diaryl/α,β-unsaturated/α-hetero) is 2. The van der Waals surface area contributed by atoms with Crippen molar-refractivity contribution in [2.75, 3.05) is 87.8 Å². The van der Waals surface area contributed by atoms with Crippen LogP contribution in [0.5, 0.6) is 0 Å². The summed E-state index contributed by atoms with van der Waals surface area (Å²) in [5.41, 5.74) is 1.40. The molecule has 3 heterocycles. The molecule has 83 heavy (non-hydrogen) atoms. The number of esters is 2. The Morgan fingerprint density at radius 3 is 2.07 bits per heavy atom. The molecule has 3 aliphatic heterocycles. The fourth-order valence-electron chi connectivity index (χ4n) is 12.0. The van der Waals surface area contributed by atoms with Gasteiger partial charge in [-0.25, -0.2) is 4.79 Å². The van der Waals surface area contributed by atoms with E-state index in [2.05, 4.69) is 0 Å². The summed E-state index contributed by atoms with van der Waals surface area (Å²) in [7, 11) is 6.20. The predicted molar refractivity (Wildman–Crippen MR) is 313 cm³/mol. The van der Waals surface area contributed by atoms with Crippen LogP contribution in [0.25, 0.3) is 0 Å². The number of rotatable bonds is 22. The minimum Gasteiger partial charge on any atom is -0.460 e. The molecule has 0 aromatic heterocycles. The normalized spacial score (nSPS) is 35.0. The number of aliphatic hydroxyl groups excluding tert-OH is 1. The van der Waals surface area contributed by atoms with Crippen molar-refractivity contribution in [1.29, 1.82) is 0 Å². The highest BCUT2D eigenvalue weighted by Gasteiger charge is 2.53. The van der Waals surface area contributed by atoms with Gasteiger partial charge < -0.3 is 67.2 Å². The Balaban J connectivity index is 1.55. The third kappa shape index (κ3) is 22.8. The van der Waals surface area contributed by atoms with Crippen molar-refractivity contribution in [1.82, 2.24) is 4.90 Å². The minimum absolute atomic E-state index is 0.0261. The van der Waals surface area contributed by atoms with Gasteiger partial charge in [-0.3, -0.25) is 19.2 Å². The zero-order chi connectivity index (χ0) is 61.1. The third-order valence-corrected chi connectivity index (χ3v) is 17.2. The zero-order valence-electron chi connectivity index (χ0n) is 52.3. The average Bonchev–Trinajstić information content (AvgIpc) is 3.66. The molecule has 2 saturated heterocycles. The van der Waals surface area contributed by atoms with Gasteiger partial charge in [0.15, 0.2) is 5.78 Å². The van der Waals surface area contributed by atoms with Gasteiger partial charge in [0.05, 0.1) is 64.1 Å². The maximum atomic E-state index is 14.8. The lowest BCUT2D eigenvalue weighted by Crippen LogP contribution is -2.61. The Hall–Kier alpha value is -3.73. The van der Waals surface area contributed by atoms with E-state index in [1.165, 1.54) is 12.0 Å². The number of ketones is 2. The van der Waals surface area contributed by atoms with E-state index in [1.807, 2.05) is 78.0 Å². The van der Waals surface area contributed by atoms with E-state index >= 15 is 0 Å². The van der Waals surface area contributed by atoms with Crippen LogP contribution in [0.15, 0.2) is 47.6 Å². The highest BCUT2D eigenvalue weighted by atomic mass is 16.6. The van der Waals surface area contributed by atoms with Crippen LogP contribution in [0, 0.1) is 35.5 Å². The molecule has 2 bridgehead atoms. The van der Waals surface area contributed by atoms with Gasteiger partial charge in [-0.1, -0.05) is 71.1 Å². The van der Waals surface area contributed by atoms with Gasteiger partial charge in [-0.2, -0.15) is 0 Å². The van der Waals surface area contributed by atoms with Gasteiger partial charge in [0.2, 0.25) is 5.79 Å². The van der Waals surface area contributed by atoms with Crippen LogP contribution >= 0.6 is 0 Å². The number of hydrogen-bond donors (Lipinski definition) is 2. The van der Waals surface area contributed by atoms with Gasteiger partial charge in [0.1, 0.15) is 30.5 Å². The molecule has 0 radical (unpaired) electrons. The molecule has 0 unspecified atom stereocenters. The molecule has 0 aromatic carbocycles. The average molecular weight is 1180 g/mol. The largest absolute Gasteiger partial charge is 0.460 e. The van der Waals surface area contributed by atoms with Crippen molar-refractivity contribution in [3.05, 3.63) is 47.6 Å². The number of cyclic esters (lactones) is 1. The summed E-state index contributed by atoms with van der Waals surface area (Å²) in [6, 6.07) is -1.11. The summed E-state index contributed by atoms with van der Waals surface area (Å²) in [6.07, 6.45) is 12.6. The van der Waals surface area contributed by atoms with Crippen LogP contribution < -0.4 is 0 Å². The molecule has 4 aliphatic rings. The predicted octanol–water partition coefficient (Wildman–Crippen LogP) is 8.04. The van der Waals surface area contributed by atoms with Crippen molar-refractivity contribution in [2.24, 2.45) is 35.5 Å². The smallest absolute Gasteiger partial charge is 0.329 e. The Morgan fingerprint density at radius 2 is 1.42 bits per heavy atom. The number of methoxy groups -OCH3 is 4. The molecule has 19 nitrogen and oxygen atoms in total. The molecule has 0 aromatic rings. The molecule has 3 fully saturated rings. The van der Waals surface area contributed by atoms with Gasteiger partial charge in [0.25, 0.3) is 11.7 Å². The number of carbonyl (C=O) groups is 5. The number of nitrogens with zero attached hydrogens (tertiary/aromatic N) is 1. The van der Waals surface area contributed by atoms with E-state index in [4.69, 9.17) is 52.1 Å². The summed E-state index contributed by atoms with van der Waals surface area (Å²) in [4.78, 5) is 72.0. The van der Waals surface area contributed by atoms with Gasteiger partial charge in [-0.15, -0.1) is 0 Å². The van der Waals surface area contributed by atoms with E-state index in [0.29, 0.717) is 123 Å². The Bertz CT molecular complexity index is 2100. The quantitative estimate of drug-likeness (QED) is 0.0452. The number of hydrogen-bond acceptors (Lipinski definition) is 18. The first-order valence-corrected chi connectivity index (χ1v) is 30.7. The molecule has 1 amide bonds. The van der Waals surface area contributed by atoms with Crippen LogP contribution in [0.1, 0.15) is 145 Å². The maximum absolute atomic E-state index is 14.8. The lowest BCUT2D eigenvalue weighted by atomic mass is 9.78. The summed E-state index contributed by atoms with van der Waals surface area (Å²) >= 11 is 0. The van der Waals surface area contributed by atoms with Gasteiger partial charge in [0, 0.05) is 85.2 Å². The number of amides is 1. The van der Waals surface area contributed by atoms with Crippen LogP contribution in [-0.2, 0) is 76.1 Å². The Morgan fingerprint density at radius 1 is 0.747 bits per heavy atom. The monoisotopic (exact) mass is 1180 g/mol. The second-order valence-electron chi connectivity index (χ2n) is 23.6. The number of ether oxygens (including phenoxy) is 11. The minimum atomic E-state index is -2.43. The first kappa shape index (κ1) is 71.7. The summed E-state index contributed by atoms with van der Waals surface area (Å²) < 4.78 is 64.4. The first-order valence-electron chi connectivity index (χ1n) is 30.7. The second-order valence-corrected chi connectivity index (χ2v) is 23.6. The number of carbonyl (C=O) groups excluding carboxylic acids is 5. The molecule has 474 valence electrons. The third-order valence-electron chi connectivity index (χ3n) is 17.2. The van der Waals surface area contributed by atoms with Crippen LogP contribution in [-0.4, -0.2) is 193 Å². The Labute approximate surface area is 495 Å². The fourth-order valence-corrected chi connectivity index (χ4v) is 12.0. The molecular formula is C64H105NO18. The van der Waals surface area contributed by atoms with Crippen LogP contribution in [0.4, 0.5) is 0 Å². The number of allylic oxidation sites excluding steroid dienone is 5. The van der Waals surface area contributed by atoms with Crippen LogP contribution in [0.3, 0.4) is 0 Å². The highest BCUT2D eigenvalue weighted by Crippen LogP contribution is 2.38. The number of fused-ring (bicyclic) bond motifs is 3. The van der Waals surface area contributed by atoms with Crippen molar-refractivity contribution in [2.45, 2.75) is 206 Å². The lowest BCUT2D eigenvalue weighted by Gasteiger charge is -2.43. The molecule has 1 saturated carbocycles. The van der Waals surface area contributed by atoms with E-state index in [1.54, 1.807) is 35.2 Å². The number of aliphatic hydroxyl groups is 2. The summed E-state index contributed by atoms with van der Waals surface area (Å²) in [6.45, 7) is 19.1. The van der Waals surface area contributed by atoms with Crippen molar-refractivity contribution >= 4 is 29.4 Å². The number of piperidine rings is 1. The second kappa shape index (κ2) is 37.7. The van der Waals surface area contributed by atoms with Crippen molar-refractivity contribution in [3.8, 4) is 0 Å². The van der Waals surface area contributed by atoms with Crippen LogP contribution in [0.2, 0.25) is 0 Å². The molecule has 4 rings (SSSR count). The molecule has 19 heteroatoms.